The van der Waals surface area contributed by atoms with Crippen molar-refractivity contribution in [1.29, 1.82) is 0 Å². The molecular formula is C14H14BrN3O. The van der Waals surface area contributed by atoms with Crippen molar-refractivity contribution in [3.63, 3.8) is 0 Å². The number of rotatable bonds is 2. The zero-order valence-corrected chi connectivity index (χ0v) is 11.9. The summed E-state index contributed by atoms with van der Waals surface area (Å²) < 4.78 is 0.931. The van der Waals surface area contributed by atoms with E-state index in [1.807, 2.05) is 24.3 Å². The van der Waals surface area contributed by atoms with E-state index in [0.717, 1.165) is 40.4 Å². The third kappa shape index (κ3) is 2.62. The smallest absolute Gasteiger partial charge is 0.241 e. The molecule has 1 amide bonds. The Morgan fingerprint density at radius 1 is 1.47 bits per heavy atom. The number of nitrogens with zero attached hydrogens (tertiary/aromatic N) is 1. The predicted molar refractivity (Wildman–Crippen MR) is 79.1 cm³/mol. The molecule has 98 valence electrons. The number of hydrogen-bond donors (Lipinski definition) is 2. The Labute approximate surface area is 119 Å². The first-order valence-corrected chi connectivity index (χ1v) is 7.12. The fourth-order valence-electron chi connectivity index (χ4n) is 2.36. The number of para-hydroxylation sites is 1. The van der Waals surface area contributed by atoms with Gasteiger partial charge in [-0.2, -0.15) is 0 Å². The van der Waals surface area contributed by atoms with E-state index in [1.165, 1.54) is 0 Å². The molecule has 2 heterocycles. The summed E-state index contributed by atoms with van der Waals surface area (Å²) in [5.74, 6) is 0.0229. The van der Waals surface area contributed by atoms with Gasteiger partial charge in [-0.3, -0.25) is 9.78 Å². The van der Waals surface area contributed by atoms with Crippen LogP contribution >= 0.6 is 15.9 Å². The topological polar surface area (TPSA) is 54.0 Å². The zero-order chi connectivity index (χ0) is 13.2. The highest BCUT2D eigenvalue weighted by Crippen LogP contribution is 2.24. The van der Waals surface area contributed by atoms with Crippen LogP contribution in [0.2, 0.25) is 0 Å². The van der Waals surface area contributed by atoms with Gasteiger partial charge < -0.3 is 10.6 Å². The van der Waals surface area contributed by atoms with Gasteiger partial charge in [-0.15, -0.1) is 0 Å². The summed E-state index contributed by atoms with van der Waals surface area (Å²) in [5.41, 5.74) is 1.58. The average molecular weight is 320 g/mol. The lowest BCUT2D eigenvalue weighted by Crippen LogP contribution is -2.35. The molecule has 0 aliphatic carbocycles. The van der Waals surface area contributed by atoms with Crippen LogP contribution in [0, 0.1) is 0 Å². The Bertz CT molecular complexity index is 623. The third-order valence-electron chi connectivity index (χ3n) is 3.31. The number of carbonyl (C=O) groups is 1. The van der Waals surface area contributed by atoms with Gasteiger partial charge in [0.05, 0.1) is 17.2 Å². The average Bonchev–Trinajstić information content (AvgIpc) is 2.92. The Kier molecular flexibility index (Phi) is 3.48. The third-order valence-corrected chi connectivity index (χ3v) is 3.75. The number of hydrogen-bond acceptors (Lipinski definition) is 3. The number of anilines is 1. The van der Waals surface area contributed by atoms with E-state index in [4.69, 9.17) is 0 Å². The van der Waals surface area contributed by atoms with Gasteiger partial charge in [0, 0.05) is 16.1 Å². The van der Waals surface area contributed by atoms with E-state index >= 15 is 0 Å². The molecule has 1 aliphatic heterocycles. The van der Waals surface area contributed by atoms with E-state index in [1.54, 1.807) is 6.20 Å². The number of halogens is 1. The van der Waals surface area contributed by atoms with Gasteiger partial charge in [-0.1, -0.05) is 12.1 Å². The molecular weight excluding hydrogens is 306 g/mol. The monoisotopic (exact) mass is 319 g/mol. The van der Waals surface area contributed by atoms with Gasteiger partial charge in [-0.25, -0.2) is 0 Å². The molecule has 4 nitrogen and oxygen atoms in total. The lowest BCUT2D eigenvalue weighted by molar-refractivity contribution is -0.117. The first-order chi connectivity index (χ1) is 9.24. The van der Waals surface area contributed by atoms with Crippen LogP contribution in [0.3, 0.4) is 0 Å². The molecule has 1 atom stereocenters. The normalized spacial score (nSPS) is 18.7. The van der Waals surface area contributed by atoms with Crippen LogP contribution in [-0.4, -0.2) is 23.5 Å². The number of pyridine rings is 1. The van der Waals surface area contributed by atoms with Crippen molar-refractivity contribution in [2.75, 3.05) is 11.9 Å². The van der Waals surface area contributed by atoms with E-state index in [0.29, 0.717) is 0 Å². The quantitative estimate of drug-likeness (QED) is 0.894. The van der Waals surface area contributed by atoms with E-state index in [9.17, 15) is 4.79 Å². The standard InChI is InChI=1S/C14H14BrN3O/c15-10-7-9-3-1-4-11(13(9)17-8-10)18-14(19)12-5-2-6-16-12/h1,3-4,7-8,12,16H,2,5-6H2,(H,18,19)/t12-/m0/s1. The van der Waals surface area contributed by atoms with Gasteiger partial charge in [0.1, 0.15) is 0 Å². The number of aromatic nitrogens is 1. The van der Waals surface area contributed by atoms with Crippen LogP contribution < -0.4 is 10.6 Å². The minimum Gasteiger partial charge on any atom is -0.323 e. The van der Waals surface area contributed by atoms with Crippen LogP contribution in [0.1, 0.15) is 12.8 Å². The molecule has 2 N–H and O–H groups in total. The second-order valence-electron chi connectivity index (χ2n) is 4.67. The summed E-state index contributed by atoms with van der Waals surface area (Å²) in [7, 11) is 0. The molecule has 1 saturated heterocycles. The molecule has 19 heavy (non-hydrogen) atoms. The minimum absolute atomic E-state index is 0.0229. The highest BCUT2D eigenvalue weighted by atomic mass is 79.9. The van der Waals surface area contributed by atoms with E-state index < -0.39 is 0 Å². The first kappa shape index (κ1) is 12.6. The molecule has 0 saturated carbocycles. The van der Waals surface area contributed by atoms with Crippen molar-refractivity contribution in [2.24, 2.45) is 0 Å². The summed E-state index contributed by atoms with van der Waals surface area (Å²) in [6.07, 6.45) is 3.69. The molecule has 0 spiro atoms. The largest absolute Gasteiger partial charge is 0.323 e. The Morgan fingerprint density at radius 2 is 2.37 bits per heavy atom. The van der Waals surface area contributed by atoms with Gasteiger partial charge >= 0.3 is 0 Å². The minimum atomic E-state index is -0.0781. The molecule has 2 aromatic rings. The van der Waals surface area contributed by atoms with Crippen LogP contribution in [0.4, 0.5) is 5.69 Å². The fraction of sp³-hybridized carbons (Fsp3) is 0.286. The van der Waals surface area contributed by atoms with Gasteiger partial charge in [0.15, 0.2) is 0 Å². The number of benzene rings is 1. The van der Waals surface area contributed by atoms with Gasteiger partial charge in [0.25, 0.3) is 0 Å². The summed E-state index contributed by atoms with van der Waals surface area (Å²) in [6, 6.07) is 7.71. The van der Waals surface area contributed by atoms with E-state index in [-0.39, 0.29) is 11.9 Å². The van der Waals surface area contributed by atoms with Crippen LogP contribution in [0.5, 0.6) is 0 Å². The predicted octanol–water partition coefficient (Wildman–Crippen LogP) is 2.69. The molecule has 0 bridgehead atoms. The van der Waals surface area contributed by atoms with Crippen molar-refractivity contribution < 1.29 is 4.79 Å². The molecule has 3 rings (SSSR count). The van der Waals surface area contributed by atoms with Crippen molar-refractivity contribution >= 4 is 38.4 Å². The van der Waals surface area contributed by atoms with Gasteiger partial charge in [0.2, 0.25) is 5.91 Å². The summed E-state index contributed by atoms with van der Waals surface area (Å²) in [5, 5.41) is 7.17. The van der Waals surface area contributed by atoms with E-state index in [2.05, 4.69) is 31.5 Å². The highest BCUT2D eigenvalue weighted by Gasteiger charge is 2.22. The molecule has 1 aromatic carbocycles. The molecule has 1 fully saturated rings. The number of fused-ring (bicyclic) bond motifs is 1. The Morgan fingerprint density at radius 3 is 3.16 bits per heavy atom. The summed E-state index contributed by atoms with van der Waals surface area (Å²) in [4.78, 5) is 16.5. The van der Waals surface area contributed by atoms with Crippen molar-refractivity contribution in [2.45, 2.75) is 18.9 Å². The maximum atomic E-state index is 12.1. The van der Waals surface area contributed by atoms with Crippen molar-refractivity contribution in [3.8, 4) is 0 Å². The maximum Gasteiger partial charge on any atom is 0.241 e. The van der Waals surface area contributed by atoms with Crippen LogP contribution in [-0.2, 0) is 4.79 Å². The molecule has 1 aliphatic rings. The summed E-state index contributed by atoms with van der Waals surface area (Å²) >= 11 is 3.40. The SMILES string of the molecule is O=C(Nc1cccc2cc(Br)cnc12)[C@@H]1CCCN1. The second kappa shape index (κ2) is 5.27. The first-order valence-electron chi connectivity index (χ1n) is 6.32. The van der Waals surface area contributed by atoms with Crippen molar-refractivity contribution in [3.05, 3.63) is 34.9 Å². The molecule has 0 radical (unpaired) electrons. The van der Waals surface area contributed by atoms with Crippen LogP contribution in [0.25, 0.3) is 10.9 Å². The van der Waals surface area contributed by atoms with Crippen molar-refractivity contribution in [1.82, 2.24) is 10.3 Å². The van der Waals surface area contributed by atoms with Crippen LogP contribution in [0.15, 0.2) is 34.9 Å². The number of nitrogens with one attached hydrogen (secondary N) is 2. The second-order valence-corrected chi connectivity index (χ2v) is 5.58. The summed E-state index contributed by atoms with van der Waals surface area (Å²) in [6.45, 7) is 0.915. The Hall–Kier alpha value is -1.46. The fourth-order valence-corrected chi connectivity index (χ4v) is 2.71. The molecule has 0 unspecified atom stereocenters. The Balaban J connectivity index is 1.90. The number of amides is 1. The maximum absolute atomic E-state index is 12.1. The lowest BCUT2D eigenvalue weighted by Gasteiger charge is -2.12. The lowest BCUT2D eigenvalue weighted by atomic mass is 10.1. The zero-order valence-electron chi connectivity index (χ0n) is 10.3. The molecule has 5 heteroatoms. The number of carbonyl (C=O) groups excluding carboxylic acids is 1. The highest BCUT2D eigenvalue weighted by molar-refractivity contribution is 9.10. The molecule has 1 aromatic heterocycles. The van der Waals surface area contributed by atoms with Gasteiger partial charge in [-0.05, 0) is 47.4 Å².